The quantitative estimate of drug-likeness (QED) is 0.527. The lowest BCUT2D eigenvalue weighted by molar-refractivity contribution is 0.0923. The summed E-state index contributed by atoms with van der Waals surface area (Å²) in [5.74, 6) is 0. The van der Waals surface area contributed by atoms with Gasteiger partial charge in [0.2, 0.25) is 0 Å². The number of rotatable bonds is 2. The standard InChI is InChI=1S/C20H21N5O2S/c1-2-27-20(26)25-11-9-24(10-12-25)19(28)23-17-13-16-14(5-3-7-21-16)15-6-4-8-22-18(15)17/h3-8,13H,2,9-12H2,1H3,(H,23,28). The summed E-state index contributed by atoms with van der Waals surface area (Å²) in [6.07, 6.45) is 3.29. The van der Waals surface area contributed by atoms with Crippen LogP contribution < -0.4 is 5.32 Å². The Bertz CT molecular complexity index is 1030. The van der Waals surface area contributed by atoms with Crippen molar-refractivity contribution in [1.82, 2.24) is 19.8 Å². The predicted molar refractivity (Wildman–Crippen MR) is 113 cm³/mol. The van der Waals surface area contributed by atoms with Crippen LogP contribution in [0.15, 0.2) is 42.7 Å². The normalized spacial score (nSPS) is 14.3. The van der Waals surface area contributed by atoms with Crippen molar-refractivity contribution in [2.45, 2.75) is 6.92 Å². The monoisotopic (exact) mass is 395 g/mol. The van der Waals surface area contributed by atoms with Crippen molar-refractivity contribution >= 4 is 50.9 Å². The maximum atomic E-state index is 11.9. The van der Waals surface area contributed by atoms with Crippen molar-refractivity contribution in [1.29, 1.82) is 0 Å². The molecule has 7 nitrogen and oxygen atoms in total. The summed E-state index contributed by atoms with van der Waals surface area (Å²) in [7, 11) is 0. The minimum atomic E-state index is -0.267. The summed E-state index contributed by atoms with van der Waals surface area (Å²) in [6.45, 7) is 4.67. The summed E-state index contributed by atoms with van der Waals surface area (Å²) in [6, 6.07) is 9.91. The number of nitrogens with zero attached hydrogens (tertiary/aromatic N) is 4. The molecule has 0 aliphatic carbocycles. The first-order chi connectivity index (χ1) is 13.7. The average Bonchev–Trinajstić information content (AvgIpc) is 2.74. The van der Waals surface area contributed by atoms with Crippen LogP contribution in [0.2, 0.25) is 0 Å². The zero-order chi connectivity index (χ0) is 19.5. The zero-order valence-corrected chi connectivity index (χ0v) is 16.4. The number of carbonyl (C=O) groups is 1. The predicted octanol–water partition coefficient (Wildman–Crippen LogP) is 3.25. The van der Waals surface area contributed by atoms with E-state index in [2.05, 4.69) is 20.2 Å². The molecule has 1 aromatic carbocycles. The minimum Gasteiger partial charge on any atom is -0.450 e. The molecule has 0 saturated carbocycles. The highest BCUT2D eigenvalue weighted by molar-refractivity contribution is 7.80. The highest BCUT2D eigenvalue weighted by Gasteiger charge is 2.23. The molecule has 3 heterocycles. The molecule has 3 aromatic rings. The Morgan fingerprint density at radius 2 is 1.79 bits per heavy atom. The Hall–Kier alpha value is -3.00. The summed E-state index contributed by atoms with van der Waals surface area (Å²) in [4.78, 5) is 24.6. The van der Waals surface area contributed by atoms with Crippen LogP contribution in [-0.2, 0) is 4.74 Å². The topological polar surface area (TPSA) is 70.6 Å². The van der Waals surface area contributed by atoms with E-state index in [4.69, 9.17) is 17.0 Å². The second-order valence-electron chi connectivity index (χ2n) is 6.50. The molecule has 8 heteroatoms. The molecule has 1 saturated heterocycles. The number of fused-ring (bicyclic) bond motifs is 3. The van der Waals surface area contributed by atoms with Gasteiger partial charge in [0, 0.05) is 49.3 Å². The fourth-order valence-corrected chi connectivity index (χ4v) is 3.69. The molecule has 1 aliphatic rings. The molecule has 0 unspecified atom stereocenters. The fourth-order valence-electron chi connectivity index (χ4n) is 3.40. The van der Waals surface area contributed by atoms with E-state index in [0.717, 1.165) is 27.5 Å². The molecular formula is C20H21N5O2S. The molecule has 1 fully saturated rings. The molecule has 0 radical (unpaired) electrons. The zero-order valence-electron chi connectivity index (χ0n) is 15.6. The third kappa shape index (κ3) is 3.55. The van der Waals surface area contributed by atoms with Gasteiger partial charge in [0.15, 0.2) is 5.11 Å². The third-order valence-electron chi connectivity index (χ3n) is 4.81. The van der Waals surface area contributed by atoms with E-state index in [1.54, 1.807) is 17.3 Å². The fraction of sp³-hybridized carbons (Fsp3) is 0.300. The van der Waals surface area contributed by atoms with Gasteiger partial charge in [-0.25, -0.2) is 4.79 Å². The summed E-state index contributed by atoms with van der Waals surface area (Å²) < 4.78 is 5.07. The van der Waals surface area contributed by atoms with Crippen LogP contribution in [0.5, 0.6) is 0 Å². The van der Waals surface area contributed by atoms with Gasteiger partial charge >= 0.3 is 6.09 Å². The van der Waals surface area contributed by atoms with Gasteiger partial charge in [-0.15, -0.1) is 0 Å². The molecule has 1 N–H and O–H groups in total. The van der Waals surface area contributed by atoms with E-state index in [-0.39, 0.29) is 6.09 Å². The summed E-state index contributed by atoms with van der Waals surface area (Å²) in [5.41, 5.74) is 2.58. The molecule has 0 bridgehead atoms. The second-order valence-corrected chi connectivity index (χ2v) is 6.88. The number of hydrogen-bond acceptors (Lipinski definition) is 5. The van der Waals surface area contributed by atoms with E-state index in [1.165, 1.54) is 0 Å². The first-order valence-electron chi connectivity index (χ1n) is 9.27. The smallest absolute Gasteiger partial charge is 0.409 e. The molecule has 2 aromatic heterocycles. The van der Waals surface area contributed by atoms with Gasteiger partial charge in [-0.2, -0.15) is 0 Å². The number of aromatic nitrogens is 2. The van der Waals surface area contributed by atoms with Crippen molar-refractivity contribution in [2.75, 3.05) is 38.1 Å². The molecule has 28 heavy (non-hydrogen) atoms. The van der Waals surface area contributed by atoms with Gasteiger partial charge in [0.25, 0.3) is 0 Å². The average molecular weight is 395 g/mol. The number of hydrogen-bond donors (Lipinski definition) is 1. The van der Waals surface area contributed by atoms with Crippen LogP contribution in [0.3, 0.4) is 0 Å². The maximum absolute atomic E-state index is 11.9. The lowest BCUT2D eigenvalue weighted by atomic mass is 10.1. The molecule has 0 atom stereocenters. The van der Waals surface area contributed by atoms with Crippen LogP contribution in [0, 0.1) is 0 Å². The van der Waals surface area contributed by atoms with Crippen LogP contribution in [-0.4, -0.2) is 63.8 Å². The number of thiocarbonyl (C=S) groups is 1. The van der Waals surface area contributed by atoms with E-state index in [1.807, 2.05) is 37.3 Å². The molecule has 144 valence electrons. The second kappa shape index (κ2) is 7.93. The largest absolute Gasteiger partial charge is 0.450 e. The van der Waals surface area contributed by atoms with Gasteiger partial charge in [0.05, 0.1) is 23.3 Å². The molecule has 0 spiro atoms. The first-order valence-corrected chi connectivity index (χ1v) is 9.68. The van der Waals surface area contributed by atoms with E-state index >= 15 is 0 Å². The number of amides is 1. The lowest BCUT2D eigenvalue weighted by Crippen LogP contribution is -2.51. The minimum absolute atomic E-state index is 0.267. The Labute approximate surface area is 168 Å². The number of ether oxygens (including phenoxy) is 1. The SMILES string of the molecule is CCOC(=O)N1CCN(C(=S)Nc2cc3ncccc3c3cccnc23)CC1. The van der Waals surface area contributed by atoms with Crippen LogP contribution in [0.1, 0.15) is 6.92 Å². The Kier molecular flexibility index (Phi) is 5.21. The van der Waals surface area contributed by atoms with Gasteiger partial charge < -0.3 is 19.9 Å². The van der Waals surface area contributed by atoms with Gasteiger partial charge in [0.1, 0.15) is 0 Å². The highest BCUT2D eigenvalue weighted by atomic mass is 32.1. The van der Waals surface area contributed by atoms with E-state index in [9.17, 15) is 4.79 Å². The molecular weight excluding hydrogens is 374 g/mol. The van der Waals surface area contributed by atoms with Crippen molar-refractivity contribution in [3.05, 3.63) is 42.7 Å². The van der Waals surface area contributed by atoms with Gasteiger partial charge in [-0.3, -0.25) is 9.97 Å². The molecule has 1 amide bonds. The number of piperazine rings is 1. The van der Waals surface area contributed by atoms with Crippen molar-refractivity contribution in [3.63, 3.8) is 0 Å². The van der Waals surface area contributed by atoms with Crippen molar-refractivity contribution in [3.8, 4) is 0 Å². The Morgan fingerprint density at radius 1 is 1.11 bits per heavy atom. The van der Waals surface area contributed by atoms with Gasteiger partial charge in [-0.05, 0) is 37.3 Å². The Balaban J connectivity index is 1.53. The van der Waals surface area contributed by atoms with E-state index in [0.29, 0.717) is 37.9 Å². The number of pyridine rings is 2. The highest BCUT2D eigenvalue weighted by Crippen LogP contribution is 2.29. The van der Waals surface area contributed by atoms with E-state index < -0.39 is 0 Å². The number of benzene rings is 1. The Morgan fingerprint density at radius 3 is 2.54 bits per heavy atom. The molecule has 1 aliphatic heterocycles. The van der Waals surface area contributed by atoms with Crippen LogP contribution in [0.25, 0.3) is 21.8 Å². The summed E-state index contributed by atoms with van der Waals surface area (Å²) >= 11 is 5.63. The molecule has 4 rings (SSSR count). The van der Waals surface area contributed by atoms with Crippen LogP contribution >= 0.6 is 12.2 Å². The summed E-state index contributed by atoms with van der Waals surface area (Å²) in [5, 5.41) is 6.05. The first kappa shape index (κ1) is 18.4. The van der Waals surface area contributed by atoms with Crippen LogP contribution in [0.4, 0.5) is 10.5 Å². The number of carbonyl (C=O) groups excluding carboxylic acids is 1. The van der Waals surface area contributed by atoms with Crippen molar-refractivity contribution in [2.24, 2.45) is 0 Å². The van der Waals surface area contributed by atoms with Crippen molar-refractivity contribution < 1.29 is 9.53 Å². The third-order valence-corrected chi connectivity index (χ3v) is 5.17. The maximum Gasteiger partial charge on any atom is 0.409 e. The van der Waals surface area contributed by atoms with Gasteiger partial charge in [-0.1, -0.05) is 12.1 Å². The lowest BCUT2D eigenvalue weighted by Gasteiger charge is -2.35. The number of nitrogens with one attached hydrogen (secondary N) is 1. The number of anilines is 1.